The lowest BCUT2D eigenvalue weighted by Crippen LogP contribution is -2.38. The summed E-state index contributed by atoms with van der Waals surface area (Å²) in [4.78, 5) is 4.65. The van der Waals surface area contributed by atoms with Gasteiger partial charge >= 0.3 is 0 Å². The lowest BCUT2D eigenvalue weighted by atomic mass is 10.0. The van der Waals surface area contributed by atoms with Crippen molar-refractivity contribution < 1.29 is 9.84 Å². The molecule has 154 valence electrons. The number of aliphatic hydroxyl groups is 1. The second-order valence-corrected chi connectivity index (χ2v) is 6.49. The minimum absolute atomic E-state index is 0. The topological polar surface area (TPSA) is 65.9 Å². The first kappa shape index (κ1) is 24.2. The van der Waals surface area contributed by atoms with Gasteiger partial charge in [0.15, 0.2) is 5.96 Å². The Morgan fingerprint density at radius 1 is 1.14 bits per heavy atom. The smallest absolute Gasteiger partial charge is 0.191 e. The van der Waals surface area contributed by atoms with Gasteiger partial charge in [0.2, 0.25) is 0 Å². The van der Waals surface area contributed by atoms with Crippen LogP contribution >= 0.6 is 24.0 Å². The molecular weight excluding hydrogens is 465 g/mol. The molecule has 0 aliphatic rings. The van der Waals surface area contributed by atoms with Gasteiger partial charge in [0.05, 0.1) is 20.3 Å². The summed E-state index contributed by atoms with van der Waals surface area (Å²) in [5, 5.41) is 16.3. The number of ether oxygens (including phenoxy) is 1. The molecule has 2 rings (SSSR count). The van der Waals surface area contributed by atoms with Crippen molar-refractivity contribution in [2.75, 3.05) is 33.4 Å². The monoisotopic (exact) mass is 497 g/mol. The molecule has 2 aromatic rings. The van der Waals surface area contributed by atoms with Gasteiger partial charge in [-0.15, -0.1) is 24.0 Å². The molecule has 0 fully saturated rings. The van der Waals surface area contributed by atoms with Gasteiger partial charge < -0.3 is 20.5 Å². The van der Waals surface area contributed by atoms with E-state index >= 15 is 0 Å². The number of rotatable bonds is 9. The van der Waals surface area contributed by atoms with Crippen LogP contribution in [0.1, 0.15) is 29.5 Å². The van der Waals surface area contributed by atoms with Gasteiger partial charge in [-0.2, -0.15) is 0 Å². The molecule has 5 nitrogen and oxygen atoms in total. The molecule has 6 heteroatoms. The highest BCUT2D eigenvalue weighted by atomic mass is 127. The van der Waals surface area contributed by atoms with E-state index in [9.17, 15) is 5.11 Å². The number of nitrogens with one attached hydrogen (secondary N) is 2. The number of aliphatic imine (C=N–C) groups is 1. The first-order valence-corrected chi connectivity index (χ1v) is 9.49. The zero-order chi connectivity index (χ0) is 19.5. The average molecular weight is 497 g/mol. The van der Waals surface area contributed by atoms with Crippen LogP contribution in [0.2, 0.25) is 0 Å². The van der Waals surface area contributed by atoms with Crippen LogP contribution in [0.5, 0.6) is 5.75 Å². The first-order chi connectivity index (χ1) is 13.2. The maximum Gasteiger partial charge on any atom is 0.191 e. The third kappa shape index (κ3) is 7.67. The van der Waals surface area contributed by atoms with Crippen molar-refractivity contribution in [3.63, 3.8) is 0 Å². The van der Waals surface area contributed by atoms with E-state index in [1.54, 1.807) is 7.11 Å². The SMILES string of the molecule is CCNC(=NCC(CO)c1ccccc1)NCCc1ccc(C)c(OC)c1.I. The molecule has 0 heterocycles. The molecule has 2 aromatic carbocycles. The molecule has 1 unspecified atom stereocenters. The average Bonchev–Trinajstić information content (AvgIpc) is 2.70. The van der Waals surface area contributed by atoms with Gasteiger partial charge in [0, 0.05) is 19.0 Å². The Morgan fingerprint density at radius 2 is 1.89 bits per heavy atom. The molecule has 1 atom stereocenters. The summed E-state index contributed by atoms with van der Waals surface area (Å²) in [6.45, 7) is 6.26. The molecule has 0 amide bonds. The normalized spacial score (nSPS) is 12.1. The summed E-state index contributed by atoms with van der Waals surface area (Å²) in [6.07, 6.45) is 0.878. The third-order valence-corrected chi connectivity index (χ3v) is 4.48. The first-order valence-electron chi connectivity index (χ1n) is 9.49. The van der Waals surface area contributed by atoms with E-state index in [1.807, 2.05) is 44.2 Å². The van der Waals surface area contributed by atoms with Gasteiger partial charge in [-0.25, -0.2) is 0 Å². The van der Waals surface area contributed by atoms with Crippen molar-refractivity contribution in [1.29, 1.82) is 0 Å². The van der Waals surface area contributed by atoms with E-state index in [0.717, 1.165) is 42.3 Å². The molecule has 0 bridgehead atoms. The molecule has 0 radical (unpaired) electrons. The van der Waals surface area contributed by atoms with E-state index in [-0.39, 0.29) is 36.5 Å². The highest BCUT2D eigenvalue weighted by Gasteiger charge is 2.10. The maximum absolute atomic E-state index is 9.70. The number of methoxy groups -OCH3 is 1. The third-order valence-electron chi connectivity index (χ3n) is 4.48. The van der Waals surface area contributed by atoms with Crippen LogP contribution in [-0.2, 0) is 6.42 Å². The largest absolute Gasteiger partial charge is 0.496 e. The molecule has 0 saturated heterocycles. The van der Waals surface area contributed by atoms with Gasteiger partial charge in [-0.3, -0.25) is 4.99 Å². The Labute approximate surface area is 185 Å². The van der Waals surface area contributed by atoms with Crippen molar-refractivity contribution in [2.24, 2.45) is 4.99 Å². The van der Waals surface area contributed by atoms with Crippen molar-refractivity contribution in [3.8, 4) is 5.75 Å². The number of nitrogens with zero attached hydrogens (tertiary/aromatic N) is 1. The minimum Gasteiger partial charge on any atom is -0.496 e. The Kier molecular flexibility index (Phi) is 11.6. The van der Waals surface area contributed by atoms with E-state index in [4.69, 9.17) is 4.74 Å². The summed E-state index contributed by atoms with van der Waals surface area (Å²) in [7, 11) is 1.70. The maximum atomic E-state index is 9.70. The van der Waals surface area contributed by atoms with Crippen LogP contribution < -0.4 is 15.4 Å². The van der Waals surface area contributed by atoms with Gasteiger partial charge in [0.1, 0.15) is 5.75 Å². The number of guanidine groups is 1. The van der Waals surface area contributed by atoms with Crippen LogP contribution in [0, 0.1) is 6.92 Å². The molecular formula is C22H32IN3O2. The standard InChI is InChI=1S/C22H31N3O2.HI/c1-4-23-22(25-15-20(16-26)19-8-6-5-7-9-19)24-13-12-18-11-10-17(2)21(14-18)27-3;/h5-11,14,20,26H,4,12-13,15-16H2,1-3H3,(H2,23,24,25);1H. The van der Waals surface area contributed by atoms with Crippen molar-refractivity contribution >= 4 is 29.9 Å². The number of hydrogen-bond acceptors (Lipinski definition) is 3. The van der Waals surface area contributed by atoms with Crippen LogP contribution in [0.3, 0.4) is 0 Å². The van der Waals surface area contributed by atoms with Crippen molar-refractivity contribution in [2.45, 2.75) is 26.2 Å². The van der Waals surface area contributed by atoms with E-state index in [1.165, 1.54) is 5.56 Å². The van der Waals surface area contributed by atoms with Gasteiger partial charge in [0.25, 0.3) is 0 Å². The Morgan fingerprint density at radius 3 is 2.54 bits per heavy atom. The van der Waals surface area contributed by atoms with E-state index in [0.29, 0.717) is 6.54 Å². The zero-order valence-corrected chi connectivity index (χ0v) is 19.3. The minimum atomic E-state index is 0. The zero-order valence-electron chi connectivity index (χ0n) is 16.9. The summed E-state index contributed by atoms with van der Waals surface area (Å²) in [5.41, 5.74) is 3.46. The molecule has 0 spiro atoms. The van der Waals surface area contributed by atoms with Crippen LogP contribution in [-0.4, -0.2) is 44.4 Å². The summed E-state index contributed by atoms with van der Waals surface area (Å²) in [5.74, 6) is 1.69. The van der Waals surface area contributed by atoms with Crippen LogP contribution in [0.25, 0.3) is 0 Å². The number of halogens is 1. The molecule has 0 aromatic heterocycles. The van der Waals surface area contributed by atoms with E-state index < -0.39 is 0 Å². The van der Waals surface area contributed by atoms with Gasteiger partial charge in [-0.05, 0) is 43.0 Å². The highest BCUT2D eigenvalue weighted by Crippen LogP contribution is 2.19. The predicted octanol–water partition coefficient (Wildman–Crippen LogP) is 3.50. The molecule has 28 heavy (non-hydrogen) atoms. The van der Waals surface area contributed by atoms with Crippen LogP contribution in [0.15, 0.2) is 53.5 Å². The Hall–Kier alpha value is -1.80. The predicted molar refractivity (Wildman–Crippen MR) is 127 cm³/mol. The molecule has 0 saturated carbocycles. The fraction of sp³-hybridized carbons (Fsp3) is 0.409. The number of benzene rings is 2. The van der Waals surface area contributed by atoms with E-state index in [2.05, 4.69) is 33.8 Å². The quantitative estimate of drug-likeness (QED) is 0.282. The molecule has 3 N–H and O–H groups in total. The lowest BCUT2D eigenvalue weighted by Gasteiger charge is -2.15. The highest BCUT2D eigenvalue weighted by molar-refractivity contribution is 14.0. The number of hydrogen-bond donors (Lipinski definition) is 3. The van der Waals surface area contributed by atoms with Crippen LogP contribution in [0.4, 0.5) is 0 Å². The Balaban J connectivity index is 0.00000392. The second kappa shape index (κ2) is 13.4. The van der Waals surface area contributed by atoms with Crippen molar-refractivity contribution in [1.82, 2.24) is 10.6 Å². The van der Waals surface area contributed by atoms with Gasteiger partial charge in [-0.1, -0.05) is 42.5 Å². The molecule has 0 aliphatic heterocycles. The fourth-order valence-corrected chi connectivity index (χ4v) is 2.88. The fourth-order valence-electron chi connectivity index (χ4n) is 2.88. The molecule has 0 aliphatic carbocycles. The summed E-state index contributed by atoms with van der Waals surface area (Å²) in [6, 6.07) is 16.3. The number of aryl methyl sites for hydroxylation is 1. The Bertz CT molecular complexity index is 723. The number of aliphatic hydroxyl groups excluding tert-OH is 1. The summed E-state index contributed by atoms with van der Waals surface area (Å²) < 4.78 is 5.39. The lowest BCUT2D eigenvalue weighted by molar-refractivity contribution is 0.268. The van der Waals surface area contributed by atoms with Crippen molar-refractivity contribution in [3.05, 3.63) is 65.2 Å². The second-order valence-electron chi connectivity index (χ2n) is 6.49. The summed E-state index contributed by atoms with van der Waals surface area (Å²) >= 11 is 0.